The number of ketones is 1. The zero-order chi connectivity index (χ0) is 28.5. The third kappa shape index (κ3) is 4.96. The van der Waals surface area contributed by atoms with Crippen LogP contribution in [0.25, 0.3) is 0 Å². The van der Waals surface area contributed by atoms with Gasteiger partial charge in [-0.05, 0) is 72.0 Å². The van der Waals surface area contributed by atoms with Gasteiger partial charge in [0.05, 0.1) is 31.6 Å². The molecule has 6 rings (SSSR count). The zero-order valence-corrected chi connectivity index (χ0v) is 23.5. The molecular weight excluding hydrogens is 536 g/mol. The van der Waals surface area contributed by atoms with Crippen molar-refractivity contribution in [3.05, 3.63) is 130 Å². The molecule has 1 N–H and O–H groups in total. The normalized spacial score (nSPS) is 18.1. The van der Waals surface area contributed by atoms with Crippen molar-refractivity contribution < 1.29 is 19.1 Å². The molecule has 6 nitrogen and oxygen atoms in total. The minimum Gasteiger partial charge on any atom is -0.493 e. The number of para-hydroxylation sites is 2. The number of halogens is 1. The molecule has 2 aliphatic rings. The minimum absolute atomic E-state index is 0.0165. The molecule has 2 atom stereocenters. The van der Waals surface area contributed by atoms with Gasteiger partial charge in [0.1, 0.15) is 0 Å². The lowest BCUT2D eigenvalue weighted by Gasteiger charge is -2.35. The number of carbonyl (C=O) groups excluding carboxylic acids is 2. The Hall–Kier alpha value is -4.55. The molecule has 0 spiro atoms. The van der Waals surface area contributed by atoms with E-state index in [0.29, 0.717) is 46.2 Å². The van der Waals surface area contributed by atoms with Gasteiger partial charge < -0.3 is 14.8 Å². The summed E-state index contributed by atoms with van der Waals surface area (Å²) in [5.74, 6) is 0.969. The van der Waals surface area contributed by atoms with Crippen molar-refractivity contribution in [1.82, 2.24) is 0 Å². The zero-order valence-electron chi connectivity index (χ0n) is 22.8. The molecule has 4 aromatic rings. The molecule has 206 valence electrons. The van der Waals surface area contributed by atoms with Crippen LogP contribution in [0.3, 0.4) is 0 Å². The fourth-order valence-electron chi connectivity index (χ4n) is 5.84. The second kappa shape index (κ2) is 11.1. The molecule has 0 saturated heterocycles. The number of allylic oxidation sites excluding steroid dienone is 1. The lowest BCUT2D eigenvalue weighted by atomic mass is 9.78. The second-order valence-corrected chi connectivity index (χ2v) is 10.6. The van der Waals surface area contributed by atoms with Crippen LogP contribution in [0.2, 0.25) is 5.02 Å². The van der Waals surface area contributed by atoms with Crippen LogP contribution in [-0.4, -0.2) is 25.9 Å². The van der Waals surface area contributed by atoms with Crippen LogP contribution in [0.15, 0.2) is 108 Å². The Labute approximate surface area is 244 Å². The van der Waals surface area contributed by atoms with Crippen molar-refractivity contribution in [3.8, 4) is 11.5 Å². The van der Waals surface area contributed by atoms with E-state index in [1.165, 1.54) is 0 Å². The summed E-state index contributed by atoms with van der Waals surface area (Å²) >= 11 is 6.27. The summed E-state index contributed by atoms with van der Waals surface area (Å²) in [6.45, 7) is 0. The van der Waals surface area contributed by atoms with E-state index in [2.05, 4.69) is 5.32 Å². The van der Waals surface area contributed by atoms with Crippen LogP contribution in [0, 0.1) is 0 Å². The van der Waals surface area contributed by atoms with Crippen LogP contribution < -0.4 is 19.7 Å². The third-order valence-corrected chi connectivity index (χ3v) is 8.04. The van der Waals surface area contributed by atoms with Crippen molar-refractivity contribution in [2.75, 3.05) is 24.4 Å². The van der Waals surface area contributed by atoms with Gasteiger partial charge in [-0.15, -0.1) is 0 Å². The van der Waals surface area contributed by atoms with Crippen LogP contribution in [0.4, 0.5) is 11.4 Å². The van der Waals surface area contributed by atoms with E-state index in [1.807, 2.05) is 72.8 Å². The predicted octanol–water partition coefficient (Wildman–Crippen LogP) is 7.57. The average Bonchev–Trinajstić information content (AvgIpc) is 3.16. The Morgan fingerprint density at radius 3 is 2.24 bits per heavy atom. The fourth-order valence-corrected chi connectivity index (χ4v) is 5.96. The monoisotopic (exact) mass is 564 g/mol. The minimum atomic E-state index is -0.648. The highest BCUT2D eigenvalue weighted by Gasteiger charge is 2.42. The van der Waals surface area contributed by atoms with Crippen molar-refractivity contribution in [2.24, 2.45) is 0 Å². The summed E-state index contributed by atoms with van der Waals surface area (Å²) in [6, 6.07) is 29.4. The third-order valence-electron chi connectivity index (χ3n) is 7.79. The predicted molar refractivity (Wildman–Crippen MR) is 161 cm³/mol. The topological polar surface area (TPSA) is 67.9 Å². The van der Waals surface area contributed by atoms with Gasteiger partial charge in [0, 0.05) is 28.3 Å². The van der Waals surface area contributed by atoms with E-state index < -0.39 is 6.04 Å². The molecule has 0 unspecified atom stereocenters. The molecule has 0 fully saturated rings. The highest BCUT2D eigenvalue weighted by Crippen LogP contribution is 2.48. The van der Waals surface area contributed by atoms with Crippen LogP contribution >= 0.6 is 11.6 Å². The largest absolute Gasteiger partial charge is 0.493 e. The first-order chi connectivity index (χ1) is 20.0. The number of nitrogens with one attached hydrogen (secondary N) is 1. The first-order valence-corrected chi connectivity index (χ1v) is 13.8. The number of rotatable bonds is 5. The maximum atomic E-state index is 14.3. The molecule has 0 saturated carbocycles. The summed E-state index contributed by atoms with van der Waals surface area (Å²) < 4.78 is 11.0. The summed E-state index contributed by atoms with van der Waals surface area (Å²) in [5, 5.41) is 4.16. The quantitative estimate of drug-likeness (QED) is 0.271. The maximum Gasteiger partial charge on any atom is 0.259 e. The molecule has 1 heterocycles. The molecule has 41 heavy (non-hydrogen) atoms. The molecule has 1 aliphatic carbocycles. The van der Waals surface area contributed by atoms with Crippen LogP contribution in [0.5, 0.6) is 11.5 Å². The SMILES string of the molecule is COc1ccc([C@H]2CC(=O)C3=C(C2)Nc2ccccc2N(C(=O)c2ccccc2)[C@@H]3c2ccc(Cl)cc2)cc1OC. The van der Waals surface area contributed by atoms with Gasteiger partial charge in [0.2, 0.25) is 0 Å². The number of methoxy groups -OCH3 is 2. The number of ether oxygens (including phenoxy) is 2. The van der Waals surface area contributed by atoms with E-state index >= 15 is 0 Å². The number of nitrogens with zero attached hydrogens (tertiary/aromatic N) is 1. The summed E-state index contributed by atoms with van der Waals surface area (Å²) in [7, 11) is 3.21. The molecular formula is C34H29ClN2O4. The Morgan fingerprint density at radius 2 is 1.51 bits per heavy atom. The summed E-state index contributed by atoms with van der Waals surface area (Å²) in [5.41, 5.74) is 5.19. The first-order valence-electron chi connectivity index (χ1n) is 13.5. The molecule has 1 amide bonds. The Bertz CT molecular complexity index is 1650. The van der Waals surface area contributed by atoms with E-state index in [1.54, 1.807) is 43.4 Å². The number of Topliss-reactive ketones (excluding diaryl/α,β-unsaturated/α-hetero) is 1. The summed E-state index contributed by atoms with van der Waals surface area (Å²) in [6.07, 6.45) is 0.881. The van der Waals surface area contributed by atoms with Gasteiger partial charge in [0.25, 0.3) is 5.91 Å². The molecule has 0 aromatic heterocycles. The molecule has 4 aromatic carbocycles. The van der Waals surface area contributed by atoms with Gasteiger partial charge in [-0.2, -0.15) is 0 Å². The van der Waals surface area contributed by atoms with Crippen molar-refractivity contribution in [1.29, 1.82) is 0 Å². The Kier molecular flexibility index (Phi) is 7.25. The van der Waals surface area contributed by atoms with Gasteiger partial charge in [-0.3, -0.25) is 14.5 Å². The molecule has 1 aliphatic heterocycles. The average molecular weight is 565 g/mol. The number of fused-ring (bicyclic) bond motifs is 1. The molecule has 0 bridgehead atoms. The number of anilines is 2. The lowest BCUT2D eigenvalue weighted by molar-refractivity contribution is -0.116. The van der Waals surface area contributed by atoms with E-state index in [-0.39, 0.29) is 17.6 Å². The van der Waals surface area contributed by atoms with Gasteiger partial charge in [0.15, 0.2) is 17.3 Å². The first kappa shape index (κ1) is 26.7. The van der Waals surface area contributed by atoms with Gasteiger partial charge in [-0.25, -0.2) is 0 Å². The van der Waals surface area contributed by atoms with Gasteiger partial charge in [-0.1, -0.05) is 60.1 Å². The smallest absolute Gasteiger partial charge is 0.259 e. The van der Waals surface area contributed by atoms with E-state index in [0.717, 1.165) is 22.5 Å². The fraction of sp³-hybridized carbons (Fsp3) is 0.176. The lowest BCUT2D eigenvalue weighted by Crippen LogP contribution is -2.38. The number of carbonyl (C=O) groups is 2. The van der Waals surface area contributed by atoms with Crippen molar-refractivity contribution in [3.63, 3.8) is 0 Å². The van der Waals surface area contributed by atoms with Crippen LogP contribution in [-0.2, 0) is 4.79 Å². The highest BCUT2D eigenvalue weighted by atomic mass is 35.5. The maximum absolute atomic E-state index is 14.3. The number of hydrogen-bond donors (Lipinski definition) is 1. The Balaban J connectivity index is 1.53. The number of benzene rings is 4. The summed E-state index contributed by atoms with van der Waals surface area (Å²) in [4.78, 5) is 30.3. The second-order valence-electron chi connectivity index (χ2n) is 10.2. The number of hydrogen-bond acceptors (Lipinski definition) is 5. The van der Waals surface area contributed by atoms with Crippen LogP contribution in [0.1, 0.15) is 46.3 Å². The van der Waals surface area contributed by atoms with Gasteiger partial charge >= 0.3 is 0 Å². The molecule has 0 radical (unpaired) electrons. The van der Waals surface area contributed by atoms with Crippen molar-refractivity contribution >= 4 is 34.7 Å². The van der Waals surface area contributed by atoms with Crippen molar-refractivity contribution in [2.45, 2.75) is 24.8 Å². The molecule has 7 heteroatoms. The van der Waals surface area contributed by atoms with E-state index in [4.69, 9.17) is 21.1 Å². The van der Waals surface area contributed by atoms with E-state index in [9.17, 15) is 9.59 Å². The number of amides is 1. The standard InChI is InChI=1S/C34H29ClN2O4/c1-40-30-17-14-23(20-31(30)41-2)24-18-27-32(29(38)19-24)33(21-12-15-25(35)16-13-21)37(28-11-7-6-10-26(28)36-27)34(39)22-8-4-3-5-9-22/h3-17,20,24,33,36H,18-19H2,1-2H3/t24-,33-/m1/s1. The Morgan fingerprint density at radius 1 is 0.829 bits per heavy atom. The highest BCUT2D eigenvalue weighted by molar-refractivity contribution is 6.30.